The number of ether oxygens (including phenoxy) is 4. The van der Waals surface area contributed by atoms with Gasteiger partial charge in [0.25, 0.3) is 0 Å². The summed E-state index contributed by atoms with van der Waals surface area (Å²) in [5.41, 5.74) is 0.473. The number of carbonyl (C=O) groups excluding carboxylic acids is 2. The number of methoxy groups -OCH3 is 2. The van der Waals surface area contributed by atoms with Crippen LogP contribution >= 0.6 is 0 Å². The molecule has 1 heterocycles. The standard InChI is InChI=1S/C17H20O10/c1-24-9-5-8(6-10(25-2)13(9)19)3-4-12(18)26-7-11-14(20)15(21)16(22)17(23)27-11/h3-6,11,14-16,19-22H,7H2,1-2H3. The van der Waals surface area contributed by atoms with E-state index in [4.69, 9.17) is 18.9 Å². The van der Waals surface area contributed by atoms with Gasteiger partial charge in [0.15, 0.2) is 23.7 Å². The third-order valence-corrected chi connectivity index (χ3v) is 3.87. The minimum Gasteiger partial charge on any atom is -0.502 e. The molecule has 0 bridgehead atoms. The van der Waals surface area contributed by atoms with Crippen LogP contribution in [-0.4, -0.2) is 77.6 Å². The van der Waals surface area contributed by atoms with Crippen molar-refractivity contribution in [2.75, 3.05) is 20.8 Å². The van der Waals surface area contributed by atoms with Gasteiger partial charge in [-0.05, 0) is 23.8 Å². The number of cyclic esters (lactones) is 1. The lowest BCUT2D eigenvalue weighted by Gasteiger charge is -2.33. The minimum atomic E-state index is -1.86. The topological polar surface area (TPSA) is 152 Å². The lowest BCUT2D eigenvalue weighted by molar-refractivity contribution is -0.208. The summed E-state index contributed by atoms with van der Waals surface area (Å²) in [4.78, 5) is 23.1. The zero-order valence-corrected chi connectivity index (χ0v) is 14.6. The van der Waals surface area contributed by atoms with Crippen molar-refractivity contribution in [3.63, 3.8) is 0 Å². The molecule has 0 saturated carbocycles. The molecule has 10 nitrogen and oxygen atoms in total. The highest BCUT2D eigenvalue weighted by Crippen LogP contribution is 2.37. The van der Waals surface area contributed by atoms with Crippen molar-refractivity contribution in [3.8, 4) is 17.2 Å². The highest BCUT2D eigenvalue weighted by Gasteiger charge is 2.44. The fourth-order valence-electron chi connectivity index (χ4n) is 2.35. The molecule has 4 unspecified atom stereocenters. The third-order valence-electron chi connectivity index (χ3n) is 3.87. The van der Waals surface area contributed by atoms with E-state index >= 15 is 0 Å². The number of phenolic OH excluding ortho intramolecular Hbond substituents is 1. The Morgan fingerprint density at radius 2 is 1.74 bits per heavy atom. The average molecular weight is 384 g/mol. The molecule has 4 N–H and O–H groups in total. The van der Waals surface area contributed by atoms with Crippen LogP contribution in [0.5, 0.6) is 17.2 Å². The van der Waals surface area contributed by atoms with Crippen molar-refractivity contribution < 1.29 is 49.0 Å². The molecule has 4 atom stereocenters. The van der Waals surface area contributed by atoms with E-state index in [0.717, 1.165) is 6.08 Å². The second-order valence-corrected chi connectivity index (χ2v) is 5.64. The van der Waals surface area contributed by atoms with E-state index in [-0.39, 0.29) is 17.2 Å². The Bertz CT molecular complexity index is 703. The predicted octanol–water partition coefficient (Wildman–Crippen LogP) is -1.03. The summed E-state index contributed by atoms with van der Waals surface area (Å²) in [5, 5.41) is 38.4. The molecule has 1 saturated heterocycles. The van der Waals surface area contributed by atoms with Gasteiger partial charge in [-0.15, -0.1) is 0 Å². The molecule has 1 aliphatic heterocycles. The molecular formula is C17H20O10. The molecule has 1 aliphatic rings. The first-order chi connectivity index (χ1) is 12.8. The molecule has 148 valence electrons. The van der Waals surface area contributed by atoms with E-state index in [2.05, 4.69) is 0 Å². The number of aliphatic hydroxyl groups is 3. The van der Waals surface area contributed by atoms with Crippen molar-refractivity contribution in [1.29, 1.82) is 0 Å². The number of aliphatic hydroxyl groups excluding tert-OH is 3. The van der Waals surface area contributed by atoms with E-state index in [1.807, 2.05) is 0 Å². The van der Waals surface area contributed by atoms with Crippen LogP contribution < -0.4 is 9.47 Å². The van der Waals surface area contributed by atoms with Gasteiger partial charge in [0, 0.05) is 6.08 Å². The van der Waals surface area contributed by atoms with Gasteiger partial charge in [-0.1, -0.05) is 0 Å². The SMILES string of the molecule is COc1cc(C=CC(=O)OCC2OC(=O)C(O)C(O)C2O)cc(OC)c1O. The van der Waals surface area contributed by atoms with Gasteiger partial charge in [0.1, 0.15) is 18.8 Å². The Hall–Kier alpha value is -2.82. The maximum atomic E-state index is 11.8. The Balaban J connectivity index is 1.99. The summed E-state index contributed by atoms with van der Waals surface area (Å²) in [6.45, 7) is -0.512. The lowest BCUT2D eigenvalue weighted by Crippen LogP contribution is -2.56. The van der Waals surface area contributed by atoms with E-state index in [0.29, 0.717) is 5.56 Å². The number of aromatic hydroxyl groups is 1. The largest absolute Gasteiger partial charge is 0.502 e. The van der Waals surface area contributed by atoms with Crippen molar-refractivity contribution in [1.82, 2.24) is 0 Å². The molecule has 0 radical (unpaired) electrons. The fraction of sp³-hybridized carbons (Fsp3) is 0.412. The van der Waals surface area contributed by atoms with Crippen LogP contribution in [0.1, 0.15) is 5.56 Å². The van der Waals surface area contributed by atoms with Gasteiger partial charge >= 0.3 is 11.9 Å². The Morgan fingerprint density at radius 1 is 1.15 bits per heavy atom. The predicted molar refractivity (Wildman–Crippen MR) is 89.1 cm³/mol. The molecule has 10 heteroatoms. The van der Waals surface area contributed by atoms with Crippen molar-refractivity contribution >= 4 is 18.0 Å². The highest BCUT2D eigenvalue weighted by atomic mass is 16.6. The number of esters is 2. The monoisotopic (exact) mass is 384 g/mol. The average Bonchev–Trinajstić information content (AvgIpc) is 2.67. The zero-order valence-electron chi connectivity index (χ0n) is 14.6. The van der Waals surface area contributed by atoms with Crippen LogP contribution in [-0.2, 0) is 19.1 Å². The number of benzene rings is 1. The number of rotatable bonds is 6. The molecular weight excluding hydrogens is 364 g/mol. The van der Waals surface area contributed by atoms with Crippen molar-refractivity contribution in [2.24, 2.45) is 0 Å². The van der Waals surface area contributed by atoms with Crippen LogP contribution in [0.25, 0.3) is 6.08 Å². The maximum Gasteiger partial charge on any atom is 0.338 e. The summed E-state index contributed by atoms with van der Waals surface area (Å²) >= 11 is 0. The summed E-state index contributed by atoms with van der Waals surface area (Å²) in [6.07, 6.45) is -4.06. The molecule has 2 rings (SSSR count). The lowest BCUT2D eigenvalue weighted by atomic mass is 10.0. The molecule has 27 heavy (non-hydrogen) atoms. The molecule has 1 aromatic rings. The van der Waals surface area contributed by atoms with Gasteiger partial charge in [0.2, 0.25) is 5.75 Å². The summed E-state index contributed by atoms with van der Waals surface area (Å²) < 4.78 is 19.6. The summed E-state index contributed by atoms with van der Waals surface area (Å²) in [5.74, 6) is -1.83. The van der Waals surface area contributed by atoms with Crippen LogP contribution in [0.2, 0.25) is 0 Å². The molecule has 1 fully saturated rings. The Kier molecular flexibility index (Phi) is 6.61. The number of phenols is 1. The maximum absolute atomic E-state index is 11.8. The van der Waals surface area contributed by atoms with E-state index in [1.54, 1.807) is 0 Å². The third kappa shape index (κ3) is 4.67. The number of hydrogen-bond donors (Lipinski definition) is 4. The summed E-state index contributed by atoms with van der Waals surface area (Å²) in [7, 11) is 2.72. The van der Waals surface area contributed by atoms with Crippen LogP contribution in [0.3, 0.4) is 0 Å². The quantitative estimate of drug-likeness (QED) is 0.354. The van der Waals surface area contributed by atoms with Gasteiger partial charge in [-0.2, -0.15) is 0 Å². The first-order valence-electron chi connectivity index (χ1n) is 7.83. The van der Waals surface area contributed by atoms with E-state index < -0.39 is 43.0 Å². The molecule has 0 aliphatic carbocycles. The summed E-state index contributed by atoms with van der Waals surface area (Å²) in [6, 6.07) is 2.93. The van der Waals surface area contributed by atoms with E-state index in [9.17, 15) is 30.0 Å². The van der Waals surface area contributed by atoms with Crippen LogP contribution in [0.4, 0.5) is 0 Å². The first kappa shape index (κ1) is 20.5. The zero-order chi connectivity index (χ0) is 20.1. The first-order valence-corrected chi connectivity index (χ1v) is 7.83. The Morgan fingerprint density at radius 3 is 2.30 bits per heavy atom. The normalized spacial score (nSPS) is 25.1. The molecule has 1 aromatic carbocycles. The number of carbonyl (C=O) groups is 2. The van der Waals surface area contributed by atoms with Crippen molar-refractivity contribution in [2.45, 2.75) is 24.4 Å². The van der Waals surface area contributed by atoms with Crippen LogP contribution in [0, 0.1) is 0 Å². The Labute approximate surface area is 154 Å². The van der Waals surface area contributed by atoms with Gasteiger partial charge in [-0.25, -0.2) is 9.59 Å². The molecule has 0 amide bonds. The second kappa shape index (κ2) is 8.71. The van der Waals surface area contributed by atoms with Crippen LogP contribution in [0.15, 0.2) is 18.2 Å². The van der Waals surface area contributed by atoms with Gasteiger partial charge in [0.05, 0.1) is 14.2 Å². The van der Waals surface area contributed by atoms with E-state index in [1.165, 1.54) is 32.4 Å². The second-order valence-electron chi connectivity index (χ2n) is 5.64. The fourth-order valence-corrected chi connectivity index (χ4v) is 2.35. The van der Waals surface area contributed by atoms with Gasteiger partial charge in [-0.3, -0.25) is 0 Å². The molecule has 0 aromatic heterocycles. The highest BCUT2D eigenvalue weighted by molar-refractivity contribution is 5.87. The number of hydrogen-bond acceptors (Lipinski definition) is 10. The smallest absolute Gasteiger partial charge is 0.338 e. The van der Waals surface area contributed by atoms with Gasteiger partial charge < -0.3 is 39.4 Å². The molecule has 0 spiro atoms. The van der Waals surface area contributed by atoms with Crippen molar-refractivity contribution in [3.05, 3.63) is 23.8 Å². The minimum absolute atomic E-state index is 0.146.